The normalized spacial score (nSPS) is 11.1. The standard InChI is InChI=1S/C13H19N2O7P/c16-11-14(22-10-12-5-2-1-3-6-12)9-13(17)15(18)7-4-8-23(19,20)21/h1-3,5-6,11,18H,4,7-10H2,(H2,19,20,21). The first kappa shape index (κ1) is 19.3. The minimum absolute atomic E-state index is 0.0710. The average Bonchev–Trinajstić information content (AvgIpc) is 2.50. The summed E-state index contributed by atoms with van der Waals surface area (Å²) in [6, 6.07) is 8.99. The molecule has 0 saturated carbocycles. The van der Waals surface area contributed by atoms with Gasteiger partial charge in [-0.15, -0.1) is 0 Å². The van der Waals surface area contributed by atoms with Gasteiger partial charge in [-0.25, -0.2) is 10.1 Å². The molecule has 0 atom stereocenters. The van der Waals surface area contributed by atoms with Gasteiger partial charge in [0.2, 0.25) is 6.41 Å². The Kier molecular flexibility index (Phi) is 7.87. The molecule has 0 aliphatic rings. The summed E-state index contributed by atoms with van der Waals surface area (Å²) in [6.45, 7) is -0.686. The zero-order valence-corrected chi connectivity index (χ0v) is 13.2. The Morgan fingerprint density at radius 3 is 2.48 bits per heavy atom. The minimum Gasteiger partial charge on any atom is -0.324 e. The predicted octanol–water partition coefficient (Wildman–Crippen LogP) is 0.362. The van der Waals surface area contributed by atoms with E-state index in [0.29, 0.717) is 11.5 Å². The maximum Gasteiger partial charge on any atom is 0.325 e. The van der Waals surface area contributed by atoms with E-state index in [-0.39, 0.29) is 19.6 Å². The van der Waals surface area contributed by atoms with E-state index in [0.717, 1.165) is 10.6 Å². The van der Waals surface area contributed by atoms with E-state index < -0.39 is 26.2 Å². The monoisotopic (exact) mass is 346 g/mol. The number of benzene rings is 1. The zero-order chi connectivity index (χ0) is 17.3. The highest BCUT2D eigenvalue weighted by Gasteiger charge is 2.18. The van der Waals surface area contributed by atoms with Gasteiger partial charge in [0.1, 0.15) is 13.2 Å². The van der Waals surface area contributed by atoms with E-state index in [1.165, 1.54) is 0 Å². The Hall–Kier alpha value is -1.77. The summed E-state index contributed by atoms with van der Waals surface area (Å²) in [5, 5.41) is 10.5. The van der Waals surface area contributed by atoms with Gasteiger partial charge in [0, 0.05) is 6.54 Å². The Morgan fingerprint density at radius 2 is 1.91 bits per heavy atom. The third-order valence-corrected chi connectivity index (χ3v) is 3.65. The molecule has 0 saturated heterocycles. The lowest BCUT2D eigenvalue weighted by Crippen LogP contribution is -2.38. The summed E-state index contributed by atoms with van der Waals surface area (Å²) in [5.41, 5.74) is 0.800. The van der Waals surface area contributed by atoms with E-state index >= 15 is 0 Å². The first-order valence-electron chi connectivity index (χ1n) is 6.74. The molecule has 23 heavy (non-hydrogen) atoms. The molecule has 2 amide bonds. The highest BCUT2D eigenvalue weighted by atomic mass is 31.2. The molecule has 0 unspecified atom stereocenters. The molecule has 1 rings (SSSR count). The van der Waals surface area contributed by atoms with Crippen LogP contribution in [-0.4, -0.2) is 56.7 Å². The number of hydrogen-bond acceptors (Lipinski definition) is 5. The fourth-order valence-electron chi connectivity index (χ4n) is 1.61. The van der Waals surface area contributed by atoms with Crippen molar-refractivity contribution in [2.75, 3.05) is 19.3 Å². The average molecular weight is 346 g/mol. The SMILES string of the molecule is O=CN(CC(=O)N(O)CCCP(=O)(O)O)OCc1ccccc1. The number of nitrogens with zero attached hydrogens (tertiary/aromatic N) is 2. The van der Waals surface area contributed by atoms with Crippen molar-refractivity contribution < 1.29 is 34.0 Å². The van der Waals surface area contributed by atoms with Gasteiger partial charge in [0.25, 0.3) is 5.91 Å². The summed E-state index contributed by atoms with van der Waals surface area (Å²) < 4.78 is 10.7. The van der Waals surface area contributed by atoms with E-state index in [1.54, 1.807) is 24.3 Å². The van der Waals surface area contributed by atoms with Crippen LogP contribution in [0, 0.1) is 0 Å². The Bertz CT molecular complexity index is 549. The van der Waals surface area contributed by atoms with Gasteiger partial charge in [-0.05, 0) is 12.0 Å². The molecule has 10 heteroatoms. The van der Waals surface area contributed by atoms with E-state index in [4.69, 9.17) is 14.6 Å². The highest BCUT2D eigenvalue weighted by molar-refractivity contribution is 7.51. The second-order valence-electron chi connectivity index (χ2n) is 4.70. The Balaban J connectivity index is 2.37. The van der Waals surface area contributed by atoms with E-state index in [1.807, 2.05) is 6.07 Å². The van der Waals surface area contributed by atoms with Crippen LogP contribution in [0.1, 0.15) is 12.0 Å². The van der Waals surface area contributed by atoms with Crippen molar-refractivity contribution in [2.45, 2.75) is 13.0 Å². The van der Waals surface area contributed by atoms with Gasteiger partial charge in [0.05, 0.1) is 6.16 Å². The van der Waals surface area contributed by atoms with Crippen molar-refractivity contribution in [3.63, 3.8) is 0 Å². The maximum atomic E-state index is 11.7. The minimum atomic E-state index is -4.17. The highest BCUT2D eigenvalue weighted by Crippen LogP contribution is 2.34. The molecule has 128 valence electrons. The third-order valence-electron chi connectivity index (χ3n) is 2.76. The van der Waals surface area contributed by atoms with Gasteiger partial charge in [-0.3, -0.25) is 24.2 Å². The van der Waals surface area contributed by atoms with Crippen molar-refractivity contribution in [3.8, 4) is 0 Å². The molecule has 0 bridgehead atoms. The van der Waals surface area contributed by atoms with Crippen molar-refractivity contribution >= 4 is 19.9 Å². The van der Waals surface area contributed by atoms with Crippen LogP contribution in [0.4, 0.5) is 0 Å². The van der Waals surface area contributed by atoms with Gasteiger partial charge in [0.15, 0.2) is 0 Å². The molecule has 1 aromatic carbocycles. The molecule has 0 aliphatic carbocycles. The number of amides is 2. The smallest absolute Gasteiger partial charge is 0.324 e. The van der Waals surface area contributed by atoms with Crippen LogP contribution in [0.15, 0.2) is 30.3 Å². The Labute approximate surface area is 133 Å². The van der Waals surface area contributed by atoms with Crippen LogP contribution in [0.25, 0.3) is 0 Å². The second kappa shape index (κ2) is 9.39. The fraction of sp³-hybridized carbons (Fsp3) is 0.385. The Morgan fingerprint density at radius 1 is 1.26 bits per heavy atom. The number of carbonyl (C=O) groups is 2. The molecule has 3 N–H and O–H groups in total. The summed E-state index contributed by atoms with van der Waals surface area (Å²) in [4.78, 5) is 45.1. The largest absolute Gasteiger partial charge is 0.325 e. The summed E-state index contributed by atoms with van der Waals surface area (Å²) in [6.07, 6.45) is -0.206. The molecule has 9 nitrogen and oxygen atoms in total. The molecule has 0 radical (unpaired) electrons. The number of rotatable bonds is 10. The van der Waals surface area contributed by atoms with Gasteiger partial charge < -0.3 is 9.79 Å². The molecular weight excluding hydrogens is 327 g/mol. The lowest BCUT2D eigenvalue weighted by molar-refractivity contribution is -0.194. The van der Waals surface area contributed by atoms with E-state index in [9.17, 15) is 19.4 Å². The first-order chi connectivity index (χ1) is 10.8. The third kappa shape index (κ3) is 8.44. The van der Waals surface area contributed by atoms with Crippen molar-refractivity contribution in [3.05, 3.63) is 35.9 Å². The predicted molar refractivity (Wildman–Crippen MR) is 79.0 cm³/mol. The lowest BCUT2D eigenvalue weighted by Gasteiger charge is -2.20. The van der Waals surface area contributed by atoms with E-state index in [2.05, 4.69) is 0 Å². The van der Waals surface area contributed by atoms with Crippen molar-refractivity contribution in [1.29, 1.82) is 0 Å². The lowest BCUT2D eigenvalue weighted by atomic mass is 10.2. The van der Waals surface area contributed by atoms with Crippen molar-refractivity contribution in [1.82, 2.24) is 10.1 Å². The molecule has 0 spiro atoms. The van der Waals surface area contributed by atoms with Crippen molar-refractivity contribution in [2.24, 2.45) is 0 Å². The zero-order valence-electron chi connectivity index (χ0n) is 12.3. The van der Waals surface area contributed by atoms with Gasteiger partial charge in [-0.1, -0.05) is 30.3 Å². The molecule has 0 heterocycles. The van der Waals surface area contributed by atoms with Crippen LogP contribution in [0.5, 0.6) is 0 Å². The topological polar surface area (TPSA) is 128 Å². The van der Waals surface area contributed by atoms with Gasteiger partial charge in [-0.2, -0.15) is 0 Å². The van der Waals surface area contributed by atoms with Crippen LogP contribution >= 0.6 is 7.60 Å². The first-order valence-corrected chi connectivity index (χ1v) is 8.54. The van der Waals surface area contributed by atoms with Crippen LogP contribution in [-0.2, 0) is 25.6 Å². The maximum absolute atomic E-state index is 11.7. The van der Waals surface area contributed by atoms with Crippen LogP contribution in [0.2, 0.25) is 0 Å². The molecular formula is C13H19N2O7P. The molecule has 0 aromatic heterocycles. The van der Waals surface area contributed by atoms with Crippen LogP contribution < -0.4 is 0 Å². The molecule has 1 aromatic rings. The number of hydroxylamine groups is 4. The summed E-state index contributed by atoms with van der Waals surface area (Å²) in [7, 11) is -4.17. The molecule has 0 fully saturated rings. The second-order valence-corrected chi connectivity index (χ2v) is 6.47. The summed E-state index contributed by atoms with van der Waals surface area (Å²) in [5.74, 6) is -0.823. The van der Waals surface area contributed by atoms with Gasteiger partial charge >= 0.3 is 7.60 Å². The fourth-order valence-corrected chi connectivity index (χ4v) is 2.16. The molecule has 0 aliphatic heterocycles. The number of carbonyl (C=O) groups excluding carboxylic acids is 2. The summed E-state index contributed by atoms with van der Waals surface area (Å²) >= 11 is 0. The quantitative estimate of drug-likeness (QED) is 0.242. The number of hydrogen-bond donors (Lipinski definition) is 3. The van der Waals surface area contributed by atoms with Crippen LogP contribution in [0.3, 0.4) is 0 Å².